The molecule has 0 atom stereocenters. The van der Waals surface area contributed by atoms with Gasteiger partial charge in [0.05, 0.1) is 11.6 Å². The lowest BCUT2D eigenvalue weighted by molar-refractivity contribution is 0.101. The monoisotopic (exact) mass is 311 g/mol. The zero-order valence-corrected chi connectivity index (χ0v) is 12.4. The Kier molecular flexibility index (Phi) is 7.19. The van der Waals surface area contributed by atoms with Gasteiger partial charge in [-0.25, -0.2) is 0 Å². The van der Waals surface area contributed by atoms with Gasteiger partial charge in [0.15, 0.2) is 5.78 Å². The van der Waals surface area contributed by atoms with Gasteiger partial charge in [0, 0.05) is 5.56 Å². The van der Waals surface area contributed by atoms with Crippen LogP contribution in [0.5, 0.6) is 0 Å². The van der Waals surface area contributed by atoms with Gasteiger partial charge in [-0.05, 0) is 30.0 Å². The third kappa shape index (κ3) is 6.06. The molecule has 0 fully saturated rings. The average Bonchev–Trinajstić information content (AvgIpc) is 2.55. The van der Waals surface area contributed by atoms with E-state index in [-0.39, 0.29) is 5.78 Å². The van der Waals surface area contributed by atoms with E-state index in [1.807, 2.05) is 6.07 Å². The summed E-state index contributed by atoms with van der Waals surface area (Å²) in [5, 5.41) is 43.3. The molecular weight excluding hydrogens is 296 g/mol. The maximum Gasteiger partial charge on any atom is 0.488 e. The van der Waals surface area contributed by atoms with Crippen LogP contribution in [0.1, 0.15) is 22.8 Å². The van der Waals surface area contributed by atoms with Gasteiger partial charge in [0.25, 0.3) is 0 Å². The molecule has 4 N–H and O–H groups in total. The van der Waals surface area contributed by atoms with E-state index < -0.39 is 14.2 Å². The fraction of sp³-hybridized carbons (Fsp3) is 0.0667. The molecule has 2 aromatic carbocycles. The van der Waals surface area contributed by atoms with E-state index in [9.17, 15) is 4.79 Å². The van der Waals surface area contributed by atoms with Crippen molar-refractivity contribution >= 4 is 30.9 Å². The van der Waals surface area contributed by atoms with Crippen molar-refractivity contribution in [3.63, 3.8) is 0 Å². The summed E-state index contributed by atoms with van der Waals surface area (Å²) in [5.74, 6) is -0.0856. The fourth-order valence-corrected chi connectivity index (χ4v) is 1.65. The number of rotatable bonds is 3. The molecule has 0 amide bonds. The number of hydrogen-bond donors (Lipinski definition) is 4. The van der Waals surface area contributed by atoms with Crippen LogP contribution in [0.3, 0.4) is 0 Å². The number of carbonyl (C=O) groups excluding carboxylic acids is 1. The van der Waals surface area contributed by atoms with Crippen molar-refractivity contribution in [3.05, 3.63) is 59.7 Å². The van der Waals surface area contributed by atoms with E-state index >= 15 is 0 Å². The van der Waals surface area contributed by atoms with E-state index in [1.165, 1.54) is 37.3 Å². The van der Waals surface area contributed by atoms with Crippen LogP contribution in [0.25, 0.3) is 0 Å². The van der Waals surface area contributed by atoms with Crippen LogP contribution in [0.15, 0.2) is 48.5 Å². The summed E-state index contributed by atoms with van der Waals surface area (Å²) in [4.78, 5) is 10.9. The first-order valence-corrected chi connectivity index (χ1v) is 6.68. The Labute approximate surface area is 134 Å². The highest BCUT2D eigenvalue weighted by atomic mass is 16.4. The van der Waals surface area contributed by atoms with Crippen molar-refractivity contribution in [1.82, 2.24) is 0 Å². The molecule has 2 rings (SSSR count). The summed E-state index contributed by atoms with van der Waals surface area (Å²) < 4.78 is 0. The first-order valence-electron chi connectivity index (χ1n) is 6.68. The summed E-state index contributed by atoms with van der Waals surface area (Å²) in [6.45, 7) is 1.43. The third-order valence-corrected chi connectivity index (χ3v) is 2.93. The Morgan fingerprint density at radius 3 is 1.96 bits per heavy atom. The molecular formula is C15H15B2NO5. The lowest BCUT2D eigenvalue weighted by atomic mass is 9.79. The molecule has 116 valence electrons. The minimum absolute atomic E-state index is 0.0856. The highest BCUT2D eigenvalue weighted by molar-refractivity contribution is 6.59. The van der Waals surface area contributed by atoms with Crippen LogP contribution in [0.4, 0.5) is 0 Å². The number of carbonyl (C=O) groups is 1. The van der Waals surface area contributed by atoms with E-state index in [0.717, 1.165) is 0 Å². The third-order valence-electron chi connectivity index (χ3n) is 2.93. The molecule has 0 aliphatic heterocycles. The fourth-order valence-electron chi connectivity index (χ4n) is 1.65. The van der Waals surface area contributed by atoms with Crippen molar-refractivity contribution in [2.75, 3.05) is 0 Å². The molecule has 0 spiro atoms. The van der Waals surface area contributed by atoms with Crippen molar-refractivity contribution < 1.29 is 24.9 Å². The summed E-state index contributed by atoms with van der Waals surface area (Å²) in [6.07, 6.45) is 0. The second kappa shape index (κ2) is 8.88. The van der Waals surface area contributed by atoms with E-state index in [2.05, 4.69) is 0 Å². The van der Waals surface area contributed by atoms with Crippen molar-refractivity contribution in [2.45, 2.75) is 6.92 Å². The van der Waals surface area contributed by atoms with Gasteiger partial charge in [-0.2, -0.15) is 5.26 Å². The van der Waals surface area contributed by atoms with Gasteiger partial charge in [0.2, 0.25) is 0 Å². The average molecular weight is 311 g/mol. The highest BCUT2D eigenvalue weighted by Crippen LogP contribution is 1.97. The van der Waals surface area contributed by atoms with E-state index in [0.29, 0.717) is 22.1 Å². The molecule has 0 saturated heterocycles. The number of Topliss-reactive ketones (excluding diaryl/α,β-unsaturated/α-hetero) is 1. The lowest BCUT2D eigenvalue weighted by Crippen LogP contribution is -2.30. The first-order chi connectivity index (χ1) is 10.8. The summed E-state index contributed by atoms with van der Waals surface area (Å²) in [7, 11) is -2.97. The Bertz CT molecular complexity index is 696. The predicted octanol–water partition coefficient (Wildman–Crippen LogP) is -1.19. The molecule has 0 unspecified atom stereocenters. The van der Waals surface area contributed by atoms with Crippen LogP contribution in [0.2, 0.25) is 0 Å². The largest absolute Gasteiger partial charge is 0.488 e. The summed E-state index contributed by atoms with van der Waals surface area (Å²) in [6, 6.07) is 14.3. The van der Waals surface area contributed by atoms with Gasteiger partial charge < -0.3 is 20.1 Å². The predicted molar refractivity (Wildman–Crippen MR) is 87.3 cm³/mol. The SMILES string of the molecule is CC(=O)c1cccc(B(O)O)c1.N#Cc1ccc(B(O)O)cc1. The van der Waals surface area contributed by atoms with Crippen LogP contribution in [0, 0.1) is 11.3 Å². The van der Waals surface area contributed by atoms with Crippen LogP contribution in [-0.4, -0.2) is 40.1 Å². The standard InChI is InChI=1S/C8H9BO3.C7H6BNO2/c1-6(10)7-3-2-4-8(5-7)9(11)12;9-5-6-1-3-7(4-2-6)8(10)11/h2-5,11-12H,1H3;1-4,10-11H. The van der Waals surface area contributed by atoms with Gasteiger partial charge >= 0.3 is 14.2 Å². The molecule has 0 heterocycles. The zero-order valence-electron chi connectivity index (χ0n) is 12.4. The molecule has 0 saturated carbocycles. The van der Waals surface area contributed by atoms with E-state index in [4.69, 9.17) is 25.4 Å². The smallest absolute Gasteiger partial charge is 0.423 e. The molecule has 0 bridgehead atoms. The summed E-state index contributed by atoms with van der Waals surface area (Å²) >= 11 is 0. The number of nitrogens with zero attached hydrogens (tertiary/aromatic N) is 1. The van der Waals surface area contributed by atoms with Crippen LogP contribution < -0.4 is 10.9 Å². The number of benzene rings is 2. The molecule has 0 aromatic heterocycles. The Morgan fingerprint density at radius 2 is 1.52 bits per heavy atom. The minimum Gasteiger partial charge on any atom is -0.423 e. The lowest BCUT2D eigenvalue weighted by Gasteiger charge is -2.00. The van der Waals surface area contributed by atoms with Crippen molar-refractivity contribution in [2.24, 2.45) is 0 Å². The van der Waals surface area contributed by atoms with Gasteiger partial charge in [-0.15, -0.1) is 0 Å². The Morgan fingerprint density at radius 1 is 0.957 bits per heavy atom. The maximum atomic E-state index is 10.9. The molecule has 0 radical (unpaired) electrons. The molecule has 2 aromatic rings. The van der Waals surface area contributed by atoms with Gasteiger partial charge in [0.1, 0.15) is 0 Å². The van der Waals surface area contributed by atoms with Crippen molar-refractivity contribution in [3.8, 4) is 6.07 Å². The second-order valence-corrected chi connectivity index (χ2v) is 4.66. The molecule has 23 heavy (non-hydrogen) atoms. The molecule has 8 heteroatoms. The van der Waals surface area contributed by atoms with E-state index in [1.54, 1.807) is 18.2 Å². The quantitative estimate of drug-likeness (QED) is 0.417. The zero-order chi connectivity index (χ0) is 17.4. The number of ketones is 1. The topological polar surface area (TPSA) is 122 Å². The normalized spacial score (nSPS) is 9.22. The summed E-state index contributed by atoms with van der Waals surface area (Å²) in [5.41, 5.74) is 1.72. The Hall–Kier alpha value is -2.43. The first kappa shape index (κ1) is 18.6. The number of nitriles is 1. The maximum absolute atomic E-state index is 10.9. The Balaban J connectivity index is 0.000000231. The number of hydrogen-bond acceptors (Lipinski definition) is 6. The molecule has 0 aliphatic carbocycles. The second-order valence-electron chi connectivity index (χ2n) is 4.66. The molecule has 0 aliphatic rings. The molecule has 6 nitrogen and oxygen atoms in total. The van der Waals surface area contributed by atoms with Gasteiger partial charge in [-0.1, -0.05) is 36.4 Å². The van der Waals surface area contributed by atoms with Crippen LogP contribution >= 0.6 is 0 Å². The van der Waals surface area contributed by atoms with Gasteiger partial charge in [-0.3, -0.25) is 4.79 Å². The van der Waals surface area contributed by atoms with Crippen LogP contribution in [-0.2, 0) is 0 Å². The minimum atomic E-state index is -1.51. The highest BCUT2D eigenvalue weighted by Gasteiger charge is 2.11. The van der Waals surface area contributed by atoms with Crippen molar-refractivity contribution in [1.29, 1.82) is 5.26 Å².